The van der Waals surface area contributed by atoms with Crippen molar-refractivity contribution in [3.8, 4) is 17.0 Å². The van der Waals surface area contributed by atoms with Crippen molar-refractivity contribution in [2.45, 2.75) is 32.7 Å². The van der Waals surface area contributed by atoms with E-state index in [1.807, 2.05) is 61.5 Å². The molecule has 0 spiro atoms. The van der Waals surface area contributed by atoms with Crippen LogP contribution in [-0.4, -0.2) is 42.8 Å². The van der Waals surface area contributed by atoms with Gasteiger partial charge >= 0.3 is 5.97 Å². The standard InChI is InChI=1S/C26H30N2O4/c1-3-31-25(29)26(18-22-17-23(27-32-22)20-9-5-4-6-10-20)13-15-28(16-14-26)19-21-11-7-8-12-24(21)30-2/h4-12,17H,3,13-16,18-19H2,1-2H3. The van der Waals surface area contributed by atoms with Gasteiger partial charge in [-0.2, -0.15) is 0 Å². The summed E-state index contributed by atoms with van der Waals surface area (Å²) < 4.78 is 16.6. The molecule has 1 aromatic heterocycles. The van der Waals surface area contributed by atoms with Gasteiger partial charge in [-0.1, -0.05) is 53.7 Å². The highest BCUT2D eigenvalue weighted by Crippen LogP contribution is 2.38. The molecule has 4 rings (SSSR count). The van der Waals surface area contributed by atoms with Crippen molar-refractivity contribution in [2.24, 2.45) is 5.41 Å². The van der Waals surface area contributed by atoms with Crippen molar-refractivity contribution in [3.63, 3.8) is 0 Å². The quantitative estimate of drug-likeness (QED) is 0.477. The number of nitrogens with zero attached hydrogens (tertiary/aromatic N) is 2. The van der Waals surface area contributed by atoms with Crippen LogP contribution in [0.3, 0.4) is 0 Å². The Labute approximate surface area is 189 Å². The van der Waals surface area contributed by atoms with Crippen LogP contribution in [0.5, 0.6) is 5.75 Å². The lowest BCUT2D eigenvalue weighted by atomic mass is 9.74. The van der Waals surface area contributed by atoms with E-state index in [0.29, 0.717) is 25.9 Å². The highest BCUT2D eigenvalue weighted by atomic mass is 16.5. The largest absolute Gasteiger partial charge is 0.496 e. The van der Waals surface area contributed by atoms with Gasteiger partial charge in [-0.3, -0.25) is 9.69 Å². The van der Waals surface area contributed by atoms with E-state index in [-0.39, 0.29) is 5.97 Å². The first-order valence-corrected chi connectivity index (χ1v) is 11.2. The van der Waals surface area contributed by atoms with E-state index >= 15 is 0 Å². The number of rotatable bonds is 8. The molecule has 0 saturated carbocycles. The fourth-order valence-corrected chi connectivity index (χ4v) is 4.43. The van der Waals surface area contributed by atoms with Crippen LogP contribution in [0.1, 0.15) is 31.1 Å². The van der Waals surface area contributed by atoms with Crippen molar-refractivity contribution >= 4 is 5.97 Å². The molecule has 0 radical (unpaired) electrons. The van der Waals surface area contributed by atoms with Gasteiger partial charge in [0.2, 0.25) is 0 Å². The summed E-state index contributed by atoms with van der Waals surface area (Å²) in [5.41, 5.74) is 2.34. The van der Waals surface area contributed by atoms with E-state index in [1.54, 1.807) is 7.11 Å². The molecular formula is C26H30N2O4. The van der Waals surface area contributed by atoms with Crippen LogP contribution >= 0.6 is 0 Å². The molecule has 1 aliphatic rings. The molecule has 0 atom stereocenters. The normalized spacial score (nSPS) is 15.9. The average molecular weight is 435 g/mol. The summed E-state index contributed by atoms with van der Waals surface area (Å²) in [5, 5.41) is 4.23. The maximum absolute atomic E-state index is 13.0. The number of carbonyl (C=O) groups is 1. The summed E-state index contributed by atoms with van der Waals surface area (Å²) in [6.45, 7) is 4.62. The van der Waals surface area contributed by atoms with Gasteiger partial charge in [0.25, 0.3) is 0 Å². The second-order valence-corrected chi connectivity index (χ2v) is 8.31. The van der Waals surface area contributed by atoms with E-state index in [1.165, 1.54) is 0 Å². The Morgan fingerprint density at radius 2 is 1.81 bits per heavy atom. The predicted molar refractivity (Wildman–Crippen MR) is 122 cm³/mol. The minimum Gasteiger partial charge on any atom is -0.496 e. The van der Waals surface area contributed by atoms with Gasteiger partial charge in [-0.25, -0.2) is 0 Å². The van der Waals surface area contributed by atoms with Crippen molar-refractivity contribution in [3.05, 3.63) is 72.0 Å². The number of carbonyl (C=O) groups excluding carboxylic acids is 1. The topological polar surface area (TPSA) is 64.8 Å². The highest BCUT2D eigenvalue weighted by molar-refractivity contribution is 5.77. The maximum atomic E-state index is 13.0. The molecule has 1 saturated heterocycles. The number of esters is 1. The van der Waals surface area contributed by atoms with Crippen LogP contribution in [0.15, 0.2) is 65.2 Å². The summed E-state index contributed by atoms with van der Waals surface area (Å²) in [6.07, 6.45) is 1.92. The van der Waals surface area contributed by atoms with E-state index in [0.717, 1.165) is 48.0 Å². The number of likely N-dealkylation sites (tertiary alicyclic amines) is 1. The third-order valence-electron chi connectivity index (χ3n) is 6.25. The fraction of sp³-hybridized carbons (Fsp3) is 0.385. The van der Waals surface area contributed by atoms with Crippen LogP contribution in [0.2, 0.25) is 0 Å². The Morgan fingerprint density at radius 1 is 1.09 bits per heavy atom. The molecule has 32 heavy (non-hydrogen) atoms. The van der Waals surface area contributed by atoms with Crippen LogP contribution in [0.25, 0.3) is 11.3 Å². The smallest absolute Gasteiger partial charge is 0.312 e. The molecular weight excluding hydrogens is 404 g/mol. The molecule has 1 aliphatic heterocycles. The van der Waals surface area contributed by atoms with Crippen LogP contribution in [-0.2, 0) is 22.5 Å². The molecule has 3 aromatic rings. The number of para-hydroxylation sites is 1. The summed E-state index contributed by atoms with van der Waals surface area (Å²) in [6, 6.07) is 19.9. The second kappa shape index (κ2) is 10.0. The number of piperidine rings is 1. The number of aromatic nitrogens is 1. The summed E-state index contributed by atoms with van der Waals surface area (Å²) in [4.78, 5) is 15.4. The molecule has 6 heteroatoms. The molecule has 0 unspecified atom stereocenters. The monoisotopic (exact) mass is 434 g/mol. The molecule has 0 bridgehead atoms. The Kier molecular flexibility index (Phi) is 6.90. The Hall–Kier alpha value is -3.12. The number of hydrogen-bond acceptors (Lipinski definition) is 6. The first-order chi connectivity index (χ1) is 15.6. The number of hydrogen-bond donors (Lipinski definition) is 0. The van der Waals surface area contributed by atoms with E-state index in [9.17, 15) is 4.79 Å². The van der Waals surface area contributed by atoms with E-state index in [2.05, 4.69) is 16.1 Å². The van der Waals surface area contributed by atoms with Crippen LogP contribution in [0.4, 0.5) is 0 Å². The number of ether oxygens (including phenoxy) is 2. The van der Waals surface area contributed by atoms with E-state index < -0.39 is 5.41 Å². The molecule has 2 heterocycles. The maximum Gasteiger partial charge on any atom is 0.312 e. The van der Waals surface area contributed by atoms with E-state index in [4.69, 9.17) is 14.0 Å². The molecule has 0 amide bonds. The predicted octanol–water partition coefficient (Wildman–Crippen LogP) is 4.74. The lowest BCUT2D eigenvalue weighted by Gasteiger charge is -2.39. The number of methoxy groups -OCH3 is 1. The van der Waals surface area contributed by atoms with Crippen molar-refractivity contribution in [1.82, 2.24) is 10.1 Å². The van der Waals surface area contributed by atoms with Gasteiger partial charge in [0.1, 0.15) is 17.2 Å². The minimum absolute atomic E-state index is 0.144. The molecule has 6 nitrogen and oxygen atoms in total. The van der Waals surface area contributed by atoms with Gasteiger partial charge < -0.3 is 14.0 Å². The molecule has 168 valence electrons. The Morgan fingerprint density at radius 3 is 2.53 bits per heavy atom. The summed E-state index contributed by atoms with van der Waals surface area (Å²) in [7, 11) is 1.70. The lowest BCUT2D eigenvalue weighted by molar-refractivity contribution is -0.159. The molecule has 0 aliphatic carbocycles. The summed E-state index contributed by atoms with van der Waals surface area (Å²) in [5.74, 6) is 1.47. The second-order valence-electron chi connectivity index (χ2n) is 8.31. The number of benzene rings is 2. The van der Waals surface area contributed by atoms with Crippen LogP contribution < -0.4 is 4.74 Å². The third-order valence-corrected chi connectivity index (χ3v) is 6.25. The van der Waals surface area contributed by atoms with Gasteiger partial charge in [-0.15, -0.1) is 0 Å². The van der Waals surface area contributed by atoms with Gasteiger partial charge in [0.15, 0.2) is 0 Å². The first-order valence-electron chi connectivity index (χ1n) is 11.2. The third kappa shape index (κ3) is 4.86. The minimum atomic E-state index is -0.596. The van der Waals surface area contributed by atoms with Crippen LogP contribution in [0, 0.1) is 5.41 Å². The Bertz CT molecular complexity index is 1020. The van der Waals surface area contributed by atoms with Gasteiger partial charge in [-0.05, 0) is 38.9 Å². The molecule has 2 aromatic carbocycles. The van der Waals surface area contributed by atoms with Gasteiger partial charge in [0.05, 0.1) is 19.1 Å². The first kappa shape index (κ1) is 22.1. The molecule has 0 N–H and O–H groups in total. The SMILES string of the molecule is CCOC(=O)C1(Cc2cc(-c3ccccc3)no2)CCN(Cc2ccccc2OC)CC1. The lowest BCUT2D eigenvalue weighted by Crippen LogP contribution is -2.46. The average Bonchev–Trinajstić information content (AvgIpc) is 3.30. The van der Waals surface area contributed by atoms with Crippen molar-refractivity contribution < 1.29 is 18.8 Å². The van der Waals surface area contributed by atoms with Crippen molar-refractivity contribution in [2.75, 3.05) is 26.8 Å². The zero-order valence-electron chi connectivity index (χ0n) is 18.8. The van der Waals surface area contributed by atoms with Crippen molar-refractivity contribution in [1.29, 1.82) is 0 Å². The zero-order chi connectivity index (χ0) is 22.4. The zero-order valence-corrected chi connectivity index (χ0v) is 18.8. The summed E-state index contributed by atoms with van der Waals surface area (Å²) >= 11 is 0. The van der Waals surface area contributed by atoms with Gasteiger partial charge in [0, 0.05) is 30.2 Å². The Balaban J connectivity index is 1.48. The fourth-order valence-electron chi connectivity index (χ4n) is 4.43. The molecule has 1 fully saturated rings. The highest BCUT2D eigenvalue weighted by Gasteiger charge is 2.43.